The maximum Gasteiger partial charge on any atom is 0.127 e. The molecule has 0 aromatic heterocycles. The molecule has 18 heavy (non-hydrogen) atoms. The van der Waals surface area contributed by atoms with Crippen LogP contribution in [0.1, 0.15) is 32.3 Å². The van der Waals surface area contributed by atoms with Gasteiger partial charge in [-0.25, -0.2) is 4.39 Å². The average Bonchev–Trinajstić information content (AvgIpc) is 2.36. The number of benzene rings is 1. The van der Waals surface area contributed by atoms with E-state index in [0.29, 0.717) is 23.4 Å². The molecule has 1 aromatic carbocycles. The summed E-state index contributed by atoms with van der Waals surface area (Å²) in [7, 11) is 1.58. The molecule has 0 heterocycles. The van der Waals surface area contributed by atoms with Gasteiger partial charge in [-0.15, -0.1) is 0 Å². The van der Waals surface area contributed by atoms with Gasteiger partial charge in [0.25, 0.3) is 0 Å². The SMILES string of the molecule is CCC(CC)(OC)C(O)Cc1ccc(Cl)cc1F. The minimum Gasteiger partial charge on any atom is -0.390 e. The van der Waals surface area contributed by atoms with Crippen LogP contribution in [0.4, 0.5) is 4.39 Å². The van der Waals surface area contributed by atoms with Gasteiger partial charge in [-0.1, -0.05) is 31.5 Å². The van der Waals surface area contributed by atoms with Crippen LogP contribution < -0.4 is 0 Å². The standard InChI is InChI=1S/C14H20ClFO2/c1-4-14(5-2,18-3)13(17)8-10-6-7-11(15)9-12(10)16/h6-7,9,13,17H,4-5,8H2,1-3H3. The van der Waals surface area contributed by atoms with E-state index in [1.54, 1.807) is 19.2 Å². The van der Waals surface area contributed by atoms with E-state index < -0.39 is 17.5 Å². The zero-order valence-corrected chi connectivity index (χ0v) is 11.8. The molecule has 1 atom stereocenters. The summed E-state index contributed by atoms with van der Waals surface area (Å²) < 4.78 is 19.1. The fourth-order valence-corrected chi connectivity index (χ4v) is 2.39. The Morgan fingerprint density at radius 2 is 2.00 bits per heavy atom. The van der Waals surface area contributed by atoms with E-state index in [9.17, 15) is 9.50 Å². The molecule has 2 nitrogen and oxygen atoms in total. The first kappa shape index (κ1) is 15.4. The molecule has 0 fully saturated rings. The van der Waals surface area contributed by atoms with Gasteiger partial charge in [-0.05, 0) is 30.5 Å². The molecule has 0 aliphatic heterocycles. The predicted molar refractivity (Wildman–Crippen MR) is 71.4 cm³/mol. The molecule has 0 radical (unpaired) electrons. The molecule has 0 bridgehead atoms. The number of rotatable bonds is 6. The van der Waals surface area contributed by atoms with Crippen LogP contribution >= 0.6 is 11.6 Å². The number of hydrogen-bond donors (Lipinski definition) is 1. The number of ether oxygens (including phenoxy) is 1. The smallest absolute Gasteiger partial charge is 0.127 e. The molecule has 0 saturated carbocycles. The van der Waals surface area contributed by atoms with Gasteiger partial charge >= 0.3 is 0 Å². The monoisotopic (exact) mass is 274 g/mol. The van der Waals surface area contributed by atoms with Gasteiger partial charge < -0.3 is 9.84 Å². The first-order chi connectivity index (χ1) is 8.49. The summed E-state index contributed by atoms with van der Waals surface area (Å²) in [6.45, 7) is 3.91. The Morgan fingerprint density at radius 1 is 1.39 bits per heavy atom. The number of hydrogen-bond acceptors (Lipinski definition) is 2. The molecule has 0 aliphatic carbocycles. The molecule has 1 unspecified atom stereocenters. The Kier molecular flexibility index (Phi) is 5.57. The summed E-state index contributed by atoms with van der Waals surface area (Å²) in [5, 5.41) is 10.6. The number of aliphatic hydroxyl groups is 1. The van der Waals surface area contributed by atoms with E-state index in [1.807, 2.05) is 13.8 Å². The fourth-order valence-electron chi connectivity index (χ4n) is 2.23. The Hall–Kier alpha value is -0.640. The Bertz CT molecular complexity index is 383. The lowest BCUT2D eigenvalue weighted by Crippen LogP contribution is -2.44. The van der Waals surface area contributed by atoms with Crippen molar-refractivity contribution in [3.63, 3.8) is 0 Å². The highest BCUT2D eigenvalue weighted by molar-refractivity contribution is 6.30. The molecule has 1 rings (SSSR count). The normalized spacial score (nSPS) is 13.7. The van der Waals surface area contributed by atoms with Gasteiger partial charge in [-0.3, -0.25) is 0 Å². The van der Waals surface area contributed by atoms with E-state index in [2.05, 4.69) is 0 Å². The molecule has 102 valence electrons. The first-order valence-electron chi connectivity index (χ1n) is 6.16. The lowest BCUT2D eigenvalue weighted by atomic mass is 9.86. The molecule has 0 amide bonds. The molecule has 0 saturated heterocycles. The second kappa shape index (κ2) is 6.50. The summed E-state index contributed by atoms with van der Waals surface area (Å²) in [6, 6.07) is 4.49. The van der Waals surface area contributed by atoms with Gasteiger partial charge in [-0.2, -0.15) is 0 Å². The number of halogens is 2. The molecule has 4 heteroatoms. The first-order valence-corrected chi connectivity index (χ1v) is 6.54. The van der Waals surface area contributed by atoms with Gasteiger partial charge in [0.1, 0.15) is 5.82 Å². The highest BCUT2D eigenvalue weighted by Crippen LogP contribution is 2.27. The van der Waals surface area contributed by atoms with Crippen LogP contribution in [0, 0.1) is 5.82 Å². The molecule has 0 spiro atoms. The van der Waals surface area contributed by atoms with Crippen molar-refractivity contribution in [3.05, 3.63) is 34.6 Å². The lowest BCUT2D eigenvalue weighted by Gasteiger charge is -2.35. The van der Waals surface area contributed by atoms with Crippen LogP contribution in [0.2, 0.25) is 5.02 Å². The molecule has 1 aromatic rings. The molecular formula is C14H20ClFO2. The van der Waals surface area contributed by atoms with E-state index in [4.69, 9.17) is 16.3 Å². The molecule has 1 N–H and O–H groups in total. The van der Waals surface area contributed by atoms with Crippen LogP contribution in [-0.2, 0) is 11.2 Å². The van der Waals surface area contributed by atoms with Crippen LogP contribution in [0.25, 0.3) is 0 Å². The minimum atomic E-state index is -0.742. The number of aliphatic hydroxyl groups excluding tert-OH is 1. The summed E-state index contributed by atoms with van der Waals surface area (Å²) in [6.07, 6.45) is 0.832. The zero-order chi connectivity index (χ0) is 13.8. The maximum absolute atomic E-state index is 13.7. The van der Waals surface area contributed by atoms with Crippen LogP contribution in [0.5, 0.6) is 0 Å². The summed E-state index contributed by atoms with van der Waals surface area (Å²) in [5.74, 6) is -0.390. The molecular weight excluding hydrogens is 255 g/mol. The van der Waals surface area contributed by atoms with Gasteiger partial charge in [0.2, 0.25) is 0 Å². The second-order valence-electron chi connectivity index (χ2n) is 4.43. The van der Waals surface area contributed by atoms with Crippen molar-refractivity contribution < 1.29 is 14.2 Å². The predicted octanol–water partition coefficient (Wildman–Crippen LogP) is 3.59. The van der Waals surface area contributed by atoms with Crippen molar-refractivity contribution in [2.75, 3.05) is 7.11 Å². The largest absolute Gasteiger partial charge is 0.390 e. The lowest BCUT2D eigenvalue weighted by molar-refractivity contribution is -0.107. The van der Waals surface area contributed by atoms with Crippen LogP contribution in [0.3, 0.4) is 0 Å². The highest BCUT2D eigenvalue weighted by Gasteiger charge is 2.34. The van der Waals surface area contributed by atoms with Gasteiger partial charge in [0, 0.05) is 18.6 Å². The third kappa shape index (κ3) is 3.22. The zero-order valence-electron chi connectivity index (χ0n) is 11.0. The van der Waals surface area contributed by atoms with Gasteiger partial charge in [0.05, 0.1) is 11.7 Å². The summed E-state index contributed by atoms with van der Waals surface area (Å²) >= 11 is 5.70. The van der Waals surface area contributed by atoms with E-state index in [1.165, 1.54) is 6.07 Å². The van der Waals surface area contributed by atoms with Crippen molar-refractivity contribution in [2.45, 2.75) is 44.8 Å². The molecule has 0 aliphatic rings. The fraction of sp³-hybridized carbons (Fsp3) is 0.571. The van der Waals surface area contributed by atoms with Crippen molar-refractivity contribution >= 4 is 11.6 Å². The Labute approximate surface area is 113 Å². The third-order valence-corrected chi connectivity index (χ3v) is 3.87. The van der Waals surface area contributed by atoms with Crippen molar-refractivity contribution in [1.29, 1.82) is 0 Å². The van der Waals surface area contributed by atoms with E-state index in [0.717, 1.165) is 0 Å². The second-order valence-corrected chi connectivity index (χ2v) is 4.87. The third-order valence-electron chi connectivity index (χ3n) is 3.64. The van der Waals surface area contributed by atoms with Crippen LogP contribution in [0.15, 0.2) is 18.2 Å². The van der Waals surface area contributed by atoms with Crippen molar-refractivity contribution in [3.8, 4) is 0 Å². The topological polar surface area (TPSA) is 29.5 Å². The van der Waals surface area contributed by atoms with Gasteiger partial charge in [0.15, 0.2) is 0 Å². The minimum absolute atomic E-state index is 0.221. The van der Waals surface area contributed by atoms with E-state index >= 15 is 0 Å². The Morgan fingerprint density at radius 3 is 2.44 bits per heavy atom. The summed E-state index contributed by atoms with van der Waals surface area (Å²) in [4.78, 5) is 0. The van der Waals surface area contributed by atoms with Crippen LogP contribution in [-0.4, -0.2) is 23.9 Å². The van der Waals surface area contributed by atoms with Crippen molar-refractivity contribution in [1.82, 2.24) is 0 Å². The highest BCUT2D eigenvalue weighted by atomic mass is 35.5. The summed E-state index contributed by atoms with van der Waals surface area (Å²) in [5.41, 5.74) is -0.165. The average molecular weight is 275 g/mol. The Balaban J connectivity index is 2.89. The number of methoxy groups -OCH3 is 1. The van der Waals surface area contributed by atoms with Crippen molar-refractivity contribution in [2.24, 2.45) is 0 Å². The maximum atomic E-state index is 13.7. The quantitative estimate of drug-likeness (QED) is 0.859. The van der Waals surface area contributed by atoms with E-state index in [-0.39, 0.29) is 6.42 Å².